The minimum absolute atomic E-state index is 0. The maximum Gasteiger partial charge on any atom is 0.252 e. The van der Waals surface area contributed by atoms with E-state index in [0.29, 0.717) is 18.7 Å². The number of nitrogens with one attached hydrogen (secondary N) is 1. The van der Waals surface area contributed by atoms with Crippen LogP contribution in [0.3, 0.4) is 0 Å². The van der Waals surface area contributed by atoms with E-state index in [1.807, 2.05) is 0 Å². The molecule has 3 N–H and O–H groups in total. The van der Waals surface area contributed by atoms with Gasteiger partial charge in [0.2, 0.25) is 0 Å². The van der Waals surface area contributed by atoms with Crippen LogP contribution in [0.5, 0.6) is 0 Å². The normalized spacial score (nSPS) is 9.81. The number of nitrogens with zero attached hydrogens (tertiary/aromatic N) is 2. The number of fused-ring (bicyclic) bond motifs is 1. The molecule has 0 aliphatic heterocycles. The summed E-state index contributed by atoms with van der Waals surface area (Å²) in [5.41, 5.74) is 6.73. The van der Waals surface area contributed by atoms with E-state index < -0.39 is 0 Å². The standard InChI is InChI=1S/C10H12N4O.ClH/c11-3-4-13-10(15)8-1-2-9-12-5-6-14(9)7-8;/h1-2,5-7H,3-4,11H2,(H,13,15);1H. The van der Waals surface area contributed by atoms with E-state index >= 15 is 0 Å². The van der Waals surface area contributed by atoms with Crippen molar-refractivity contribution in [3.63, 3.8) is 0 Å². The van der Waals surface area contributed by atoms with Crippen molar-refractivity contribution in [2.75, 3.05) is 13.1 Å². The molecule has 2 aromatic heterocycles. The molecule has 0 fully saturated rings. The Bertz CT molecular complexity index is 482. The van der Waals surface area contributed by atoms with E-state index in [4.69, 9.17) is 5.73 Å². The summed E-state index contributed by atoms with van der Waals surface area (Å²) in [4.78, 5) is 15.7. The van der Waals surface area contributed by atoms with Gasteiger partial charge in [-0.05, 0) is 12.1 Å². The van der Waals surface area contributed by atoms with Gasteiger partial charge in [0.25, 0.3) is 5.91 Å². The second-order valence-corrected chi connectivity index (χ2v) is 3.16. The van der Waals surface area contributed by atoms with Crippen LogP contribution in [0.1, 0.15) is 10.4 Å². The molecule has 6 heteroatoms. The third-order valence-electron chi connectivity index (χ3n) is 2.08. The van der Waals surface area contributed by atoms with Gasteiger partial charge in [0, 0.05) is 31.7 Å². The predicted octanol–water partition coefficient (Wildman–Crippen LogP) is 0.445. The van der Waals surface area contributed by atoms with Gasteiger partial charge in [0.1, 0.15) is 5.65 Å². The van der Waals surface area contributed by atoms with Crippen molar-refractivity contribution in [2.24, 2.45) is 5.73 Å². The van der Waals surface area contributed by atoms with E-state index in [1.165, 1.54) is 0 Å². The topological polar surface area (TPSA) is 72.4 Å². The van der Waals surface area contributed by atoms with Crippen LogP contribution in [0, 0.1) is 0 Å². The first-order valence-corrected chi connectivity index (χ1v) is 4.72. The summed E-state index contributed by atoms with van der Waals surface area (Å²) >= 11 is 0. The highest BCUT2D eigenvalue weighted by Gasteiger charge is 2.05. The Morgan fingerprint density at radius 3 is 3.06 bits per heavy atom. The first kappa shape index (κ1) is 12.5. The molecule has 0 saturated carbocycles. The molecular weight excluding hydrogens is 228 g/mol. The fourth-order valence-electron chi connectivity index (χ4n) is 1.34. The van der Waals surface area contributed by atoms with Crippen LogP contribution >= 0.6 is 12.4 Å². The Kier molecular flexibility index (Phi) is 4.28. The summed E-state index contributed by atoms with van der Waals surface area (Å²) in [7, 11) is 0. The smallest absolute Gasteiger partial charge is 0.252 e. The first-order chi connectivity index (χ1) is 7.31. The molecule has 0 aliphatic rings. The molecule has 2 heterocycles. The van der Waals surface area contributed by atoms with E-state index in [2.05, 4.69) is 10.3 Å². The monoisotopic (exact) mass is 240 g/mol. The predicted molar refractivity (Wildman–Crippen MR) is 63.8 cm³/mol. The van der Waals surface area contributed by atoms with Crippen LogP contribution in [0.15, 0.2) is 30.7 Å². The van der Waals surface area contributed by atoms with Crippen LogP contribution in [0.25, 0.3) is 5.65 Å². The van der Waals surface area contributed by atoms with Crippen LogP contribution in [0.2, 0.25) is 0 Å². The second-order valence-electron chi connectivity index (χ2n) is 3.16. The molecule has 0 unspecified atom stereocenters. The number of pyridine rings is 1. The van der Waals surface area contributed by atoms with Crippen LogP contribution in [-0.4, -0.2) is 28.4 Å². The molecule has 0 radical (unpaired) electrons. The molecule has 16 heavy (non-hydrogen) atoms. The maximum atomic E-state index is 11.6. The summed E-state index contributed by atoms with van der Waals surface area (Å²) < 4.78 is 1.80. The lowest BCUT2D eigenvalue weighted by molar-refractivity contribution is 0.0954. The summed E-state index contributed by atoms with van der Waals surface area (Å²) in [5.74, 6) is -0.115. The molecule has 0 spiro atoms. The van der Waals surface area contributed by atoms with Crippen molar-refractivity contribution in [1.82, 2.24) is 14.7 Å². The van der Waals surface area contributed by atoms with E-state index in [0.717, 1.165) is 5.65 Å². The molecule has 1 amide bonds. The summed E-state index contributed by atoms with van der Waals surface area (Å²) in [6.07, 6.45) is 5.24. The summed E-state index contributed by atoms with van der Waals surface area (Å²) in [6, 6.07) is 3.55. The number of amides is 1. The number of imidazole rings is 1. The number of halogens is 1. The lowest BCUT2D eigenvalue weighted by Crippen LogP contribution is -2.29. The zero-order valence-electron chi connectivity index (χ0n) is 8.59. The number of carbonyl (C=O) groups is 1. The van der Waals surface area contributed by atoms with Crippen LogP contribution in [0.4, 0.5) is 0 Å². The van der Waals surface area contributed by atoms with Crippen LogP contribution in [-0.2, 0) is 0 Å². The molecule has 2 aromatic rings. The van der Waals surface area contributed by atoms with Crippen molar-refractivity contribution in [3.8, 4) is 0 Å². The zero-order valence-corrected chi connectivity index (χ0v) is 9.41. The maximum absolute atomic E-state index is 11.6. The molecule has 2 rings (SSSR count). The Morgan fingerprint density at radius 1 is 1.50 bits per heavy atom. The van der Waals surface area contributed by atoms with Gasteiger partial charge in [-0.3, -0.25) is 4.79 Å². The minimum atomic E-state index is -0.115. The Labute approximate surface area is 99.1 Å². The Balaban J connectivity index is 0.00000128. The van der Waals surface area contributed by atoms with Crippen LogP contribution < -0.4 is 11.1 Å². The van der Waals surface area contributed by atoms with Gasteiger partial charge in [-0.1, -0.05) is 0 Å². The number of aromatic nitrogens is 2. The minimum Gasteiger partial charge on any atom is -0.351 e. The summed E-state index contributed by atoms with van der Waals surface area (Å²) in [6.45, 7) is 0.930. The van der Waals surface area contributed by atoms with Gasteiger partial charge >= 0.3 is 0 Å². The number of carbonyl (C=O) groups excluding carboxylic acids is 1. The molecule has 0 aliphatic carbocycles. The molecule has 0 atom stereocenters. The third-order valence-corrected chi connectivity index (χ3v) is 2.08. The quantitative estimate of drug-likeness (QED) is 0.818. The molecular formula is C10H13ClN4O. The van der Waals surface area contributed by atoms with Crippen molar-refractivity contribution < 1.29 is 4.79 Å². The summed E-state index contributed by atoms with van der Waals surface area (Å²) in [5, 5.41) is 2.71. The van der Waals surface area contributed by atoms with Gasteiger partial charge < -0.3 is 15.5 Å². The highest BCUT2D eigenvalue weighted by molar-refractivity contribution is 5.94. The fraction of sp³-hybridized carbons (Fsp3) is 0.200. The fourth-order valence-corrected chi connectivity index (χ4v) is 1.34. The number of rotatable bonds is 3. The van der Waals surface area contributed by atoms with Crippen molar-refractivity contribution in [1.29, 1.82) is 0 Å². The highest BCUT2D eigenvalue weighted by atomic mass is 35.5. The lowest BCUT2D eigenvalue weighted by Gasteiger charge is -2.03. The SMILES string of the molecule is Cl.NCCNC(=O)c1ccc2nccn2c1. The van der Waals surface area contributed by atoms with Crippen molar-refractivity contribution in [2.45, 2.75) is 0 Å². The van der Waals surface area contributed by atoms with Crippen molar-refractivity contribution >= 4 is 24.0 Å². The van der Waals surface area contributed by atoms with E-state index in [-0.39, 0.29) is 18.3 Å². The third kappa shape index (κ3) is 2.50. The number of nitrogens with two attached hydrogens (primary N) is 1. The Hall–Kier alpha value is -1.59. The molecule has 0 bridgehead atoms. The van der Waals surface area contributed by atoms with E-state index in [1.54, 1.807) is 35.1 Å². The Morgan fingerprint density at radius 2 is 2.31 bits per heavy atom. The number of hydrogen-bond donors (Lipinski definition) is 2. The van der Waals surface area contributed by atoms with Gasteiger partial charge in [-0.25, -0.2) is 4.98 Å². The average molecular weight is 241 g/mol. The van der Waals surface area contributed by atoms with Gasteiger partial charge in [-0.2, -0.15) is 0 Å². The molecule has 5 nitrogen and oxygen atoms in total. The van der Waals surface area contributed by atoms with Gasteiger partial charge in [-0.15, -0.1) is 12.4 Å². The van der Waals surface area contributed by atoms with Crippen molar-refractivity contribution in [3.05, 3.63) is 36.3 Å². The molecule has 86 valence electrons. The second kappa shape index (κ2) is 5.48. The average Bonchev–Trinajstić information content (AvgIpc) is 2.72. The zero-order chi connectivity index (χ0) is 10.7. The van der Waals surface area contributed by atoms with Gasteiger partial charge in [0.15, 0.2) is 0 Å². The molecule has 0 aromatic carbocycles. The lowest BCUT2D eigenvalue weighted by atomic mass is 10.2. The first-order valence-electron chi connectivity index (χ1n) is 4.72. The van der Waals surface area contributed by atoms with Gasteiger partial charge in [0.05, 0.1) is 5.56 Å². The highest BCUT2D eigenvalue weighted by Crippen LogP contribution is 2.04. The number of hydrogen-bond acceptors (Lipinski definition) is 3. The largest absolute Gasteiger partial charge is 0.351 e. The molecule has 0 saturated heterocycles. The van der Waals surface area contributed by atoms with E-state index in [9.17, 15) is 4.79 Å².